The van der Waals surface area contributed by atoms with Gasteiger partial charge < -0.3 is 10.3 Å². The van der Waals surface area contributed by atoms with E-state index >= 15 is 0 Å². The number of fused-ring (bicyclic) bond motifs is 1. The van der Waals surface area contributed by atoms with Crippen LogP contribution >= 0.6 is 0 Å². The Morgan fingerprint density at radius 1 is 1.35 bits per heavy atom. The van der Waals surface area contributed by atoms with Crippen LogP contribution < -0.4 is 5.73 Å². The fourth-order valence-corrected chi connectivity index (χ4v) is 2.26. The maximum absolute atomic E-state index is 6.16. The lowest BCUT2D eigenvalue weighted by atomic mass is 10.1. The van der Waals surface area contributed by atoms with Crippen molar-refractivity contribution < 1.29 is 0 Å². The Morgan fingerprint density at radius 3 is 2.76 bits per heavy atom. The molecule has 2 N–H and O–H groups in total. The van der Waals surface area contributed by atoms with Crippen LogP contribution in [0.15, 0.2) is 18.2 Å². The number of benzene rings is 1. The van der Waals surface area contributed by atoms with E-state index in [2.05, 4.69) is 41.6 Å². The van der Waals surface area contributed by atoms with Gasteiger partial charge in [-0.15, -0.1) is 0 Å². The second-order valence-electron chi connectivity index (χ2n) is 4.60. The molecular weight excluding hydrogens is 210 g/mol. The Morgan fingerprint density at radius 2 is 2.12 bits per heavy atom. The van der Waals surface area contributed by atoms with E-state index in [1.807, 2.05) is 7.05 Å². The van der Waals surface area contributed by atoms with Gasteiger partial charge in [-0.1, -0.05) is 26.3 Å². The van der Waals surface area contributed by atoms with E-state index in [-0.39, 0.29) is 6.04 Å². The van der Waals surface area contributed by atoms with Gasteiger partial charge in [-0.3, -0.25) is 0 Å². The molecule has 1 unspecified atom stereocenters. The zero-order valence-electron chi connectivity index (χ0n) is 10.9. The second kappa shape index (κ2) is 4.88. The van der Waals surface area contributed by atoms with Gasteiger partial charge in [0.05, 0.1) is 17.1 Å². The number of hydrogen-bond acceptors (Lipinski definition) is 2. The van der Waals surface area contributed by atoms with E-state index in [9.17, 15) is 0 Å². The average molecular weight is 231 g/mol. The number of nitrogens with zero attached hydrogens (tertiary/aromatic N) is 2. The number of aryl methyl sites for hydroxylation is 2. The van der Waals surface area contributed by atoms with Crippen molar-refractivity contribution in [2.75, 3.05) is 0 Å². The van der Waals surface area contributed by atoms with E-state index in [1.54, 1.807) is 0 Å². The quantitative estimate of drug-likeness (QED) is 0.879. The Balaban J connectivity index is 2.48. The number of imidazole rings is 1. The van der Waals surface area contributed by atoms with Crippen LogP contribution in [-0.2, 0) is 13.5 Å². The van der Waals surface area contributed by atoms with Crippen molar-refractivity contribution in [3.63, 3.8) is 0 Å². The predicted octanol–water partition coefficient (Wildman–Crippen LogP) is 2.94. The Labute approximate surface area is 103 Å². The smallest absolute Gasteiger partial charge is 0.126 e. The summed E-state index contributed by atoms with van der Waals surface area (Å²) in [5.41, 5.74) is 9.72. The van der Waals surface area contributed by atoms with Gasteiger partial charge in [-0.2, -0.15) is 0 Å². The van der Waals surface area contributed by atoms with Crippen LogP contribution in [0.5, 0.6) is 0 Å². The third-order valence-corrected chi connectivity index (χ3v) is 3.32. The first kappa shape index (κ1) is 12.1. The van der Waals surface area contributed by atoms with Gasteiger partial charge in [0.15, 0.2) is 0 Å². The van der Waals surface area contributed by atoms with E-state index in [0.717, 1.165) is 30.6 Å². The molecule has 2 rings (SSSR count). The summed E-state index contributed by atoms with van der Waals surface area (Å²) in [6.45, 7) is 4.31. The third kappa shape index (κ3) is 2.20. The SMILES string of the molecule is CCCC(N)c1nc2cc(CC)ccc2n1C. The molecule has 1 aromatic heterocycles. The number of rotatable bonds is 4. The molecule has 0 bridgehead atoms. The summed E-state index contributed by atoms with van der Waals surface area (Å²) in [5.74, 6) is 0.995. The van der Waals surface area contributed by atoms with Crippen LogP contribution in [-0.4, -0.2) is 9.55 Å². The van der Waals surface area contributed by atoms with Gasteiger partial charge in [-0.25, -0.2) is 4.98 Å². The van der Waals surface area contributed by atoms with Gasteiger partial charge in [0.25, 0.3) is 0 Å². The molecule has 0 aliphatic carbocycles. The minimum Gasteiger partial charge on any atom is -0.330 e. The molecule has 1 aromatic carbocycles. The molecule has 1 atom stereocenters. The highest BCUT2D eigenvalue weighted by Gasteiger charge is 2.14. The second-order valence-corrected chi connectivity index (χ2v) is 4.60. The summed E-state index contributed by atoms with van der Waals surface area (Å²) in [6, 6.07) is 6.52. The topological polar surface area (TPSA) is 43.8 Å². The van der Waals surface area contributed by atoms with Gasteiger partial charge in [0.1, 0.15) is 5.82 Å². The molecule has 0 saturated heterocycles. The first-order valence-corrected chi connectivity index (χ1v) is 6.38. The number of aromatic nitrogens is 2. The van der Waals surface area contributed by atoms with E-state index in [0.29, 0.717) is 0 Å². The van der Waals surface area contributed by atoms with Crippen molar-refractivity contribution in [1.82, 2.24) is 9.55 Å². The molecule has 17 heavy (non-hydrogen) atoms. The minimum atomic E-state index is 0.0440. The molecule has 3 nitrogen and oxygen atoms in total. The molecule has 1 heterocycles. The highest BCUT2D eigenvalue weighted by molar-refractivity contribution is 5.77. The van der Waals surface area contributed by atoms with Crippen LogP contribution in [0, 0.1) is 0 Å². The van der Waals surface area contributed by atoms with Crippen LogP contribution in [0.25, 0.3) is 11.0 Å². The van der Waals surface area contributed by atoms with E-state index < -0.39 is 0 Å². The van der Waals surface area contributed by atoms with Crippen LogP contribution in [0.4, 0.5) is 0 Å². The molecule has 92 valence electrons. The van der Waals surface area contributed by atoms with Crippen molar-refractivity contribution in [2.24, 2.45) is 12.8 Å². The third-order valence-electron chi connectivity index (χ3n) is 3.32. The van der Waals surface area contributed by atoms with Crippen molar-refractivity contribution in [3.05, 3.63) is 29.6 Å². The Bertz CT molecular complexity index is 513. The van der Waals surface area contributed by atoms with E-state index in [4.69, 9.17) is 5.73 Å². The summed E-state index contributed by atoms with van der Waals surface area (Å²) in [4.78, 5) is 4.68. The standard InChI is InChI=1S/C14H21N3/c1-4-6-11(15)14-16-12-9-10(5-2)7-8-13(12)17(14)3/h7-9,11H,4-6,15H2,1-3H3. The summed E-state index contributed by atoms with van der Waals surface area (Å²) >= 11 is 0. The molecule has 0 saturated carbocycles. The lowest BCUT2D eigenvalue weighted by Crippen LogP contribution is -2.14. The zero-order valence-corrected chi connectivity index (χ0v) is 10.9. The molecule has 3 heteroatoms. The summed E-state index contributed by atoms with van der Waals surface area (Å²) in [6.07, 6.45) is 3.12. The fraction of sp³-hybridized carbons (Fsp3) is 0.500. The monoisotopic (exact) mass is 231 g/mol. The summed E-state index contributed by atoms with van der Waals surface area (Å²) in [7, 11) is 2.05. The highest BCUT2D eigenvalue weighted by Crippen LogP contribution is 2.22. The maximum atomic E-state index is 6.16. The number of hydrogen-bond donors (Lipinski definition) is 1. The molecule has 0 aliphatic rings. The van der Waals surface area contributed by atoms with Gasteiger partial charge in [0.2, 0.25) is 0 Å². The van der Waals surface area contributed by atoms with Crippen molar-refractivity contribution in [3.8, 4) is 0 Å². The predicted molar refractivity (Wildman–Crippen MR) is 71.9 cm³/mol. The summed E-state index contributed by atoms with van der Waals surface area (Å²) in [5, 5.41) is 0. The normalized spacial score (nSPS) is 13.2. The van der Waals surface area contributed by atoms with Gasteiger partial charge >= 0.3 is 0 Å². The molecule has 0 spiro atoms. The van der Waals surface area contributed by atoms with Gasteiger partial charge in [0, 0.05) is 7.05 Å². The molecule has 0 fully saturated rings. The lowest BCUT2D eigenvalue weighted by molar-refractivity contribution is 0.584. The van der Waals surface area contributed by atoms with Gasteiger partial charge in [-0.05, 0) is 30.5 Å². The zero-order chi connectivity index (χ0) is 12.4. The summed E-state index contributed by atoms with van der Waals surface area (Å²) < 4.78 is 2.12. The first-order chi connectivity index (χ1) is 8.17. The Kier molecular flexibility index (Phi) is 3.48. The highest BCUT2D eigenvalue weighted by atomic mass is 15.1. The van der Waals surface area contributed by atoms with E-state index in [1.165, 1.54) is 11.1 Å². The molecule has 0 aliphatic heterocycles. The molecular formula is C14H21N3. The van der Waals surface area contributed by atoms with Crippen molar-refractivity contribution >= 4 is 11.0 Å². The lowest BCUT2D eigenvalue weighted by Gasteiger charge is -2.09. The first-order valence-electron chi connectivity index (χ1n) is 6.38. The largest absolute Gasteiger partial charge is 0.330 e. The molecule has 2 aromatic rings. The maximum Gasteiger partial charge on any atom is 0.126 e. The number of nitrogens with two attached hydrogens (primary N) is 1. The van der Waals surface area contributed by atoms with Crippen LogP contribution in [0.1, 0.15) is 44.1 Å². The minimum absolute atomic E-state index is 0.0440. The Hall–Kier alpha value is -1.35. The fourth-order valence-electron chi connectivity index (χ4n) is 2.26. The van der Waals surface area contributed by atoms with Crippen LogP contribution in [0.2, 0.25) is 0 Å². The molecule has 0 radical (unpaired) electrons. The van der Waals surface area contributed by atoms with Crippen molar-refractivity contribution in [1.29, 1.82) is 0 Å². The van der Waals surface area contributed by atoms with Crippen LogP contribution in [0.3, 0.4) is 0 Å². The van der Waals surface area contributed by atoms with Crippen molar-refractivity contribution in [2.45, 2.75) is 39.2 Å². The molecule has 0 amide bonds. The average Bonchev–Trinajstić information content (AvgIpc) is 2.66.